The number of hydrogen-bond acceptors (Lipinski definition) is 7. The van der Waals surface area contributed by atoms with Crippen LogP contribution >= 0.6 is 0 Å². The van der Waals surface area contributed by atoms with Crippen LogP contribution in [0.4, 0.5) is 5.69 Å². The van der Waals surface area contributed by atoms with Gasteiger partial charge in [-0.3, -0.25) is 34.9 Å². The lowest BCUT2D eigenvalue weighted by Gasteiger charge is -2.28. The van der Waals surface area contributed by atoms with E-state index in [0.717, 1.165) is 0 Å². The first-order chi connectivity index (χ1) is 14.5. The van der Waals surface area contributed by atoms with Crippen molar-refractivity contribution in [3.05, 3.63) is 48.0 Å². The molecule has 10 heteroatoms. The Morgan fingerprint density at radius 1 is 1.13 bits per heavy atom. The molecular weight excluding hydrogens is 394 g/mol. The van der Waals surface area contributed by atoms with E-state index in [1.807, 2.05) is 0 Å². The number of anilines is 1. The molecule has 1 aliphatic rings. The quantitative estimate of drug-likeness (QED) is 0.499. The van der Waals surface area contributed by atoms with Gasteiger partial charge in [-0.05, 0) is 30.3 Å². The number of methoxy groups -OCH3 is 1. The van der Waals surface area contributed by atoms with Crippen LogP contribution in [0.25, 0.3) is 0 Å². The second-order valence-electron chi connectivity index (χ2n) is 6.15. The molecule has 0 aromatic heterocycles. The highest BCUT2D eigenvalue weighted by Crippen LogP contribution is 2.31. The maximum atomic E-state index is 12.2. The van der Waals surface area contributed by atoms with Crippen molar-refractivity contribution < 1.29 is 33.4 Å². The van der Waals surface area contributed by atoms with Gasteiger partial charge in [-0.2, -0.15) is 0 Å². The zero-order valence-electron chi connectivity index (χ0n) is 16.0. The molecule has 1 heterocycles. The monoisotopic (exact) mass is 413 g/mol. The molecule has 0 spiro atoms. The Kier molecular flexibility index (Phi) is 6.48. The van der Waals surface area contributed by atoms with Gasteiger partial charge in [0, 0.05) is 5.56 Å². The summed E-state index contributed by atoms with van der Waals surface area (Å²) >= 11 is 0. The van der Waals surface area contributed by atoms with E-state index in [2.05, 4.69) is 10.9 Å². The molecule has 3 amide bonds. The molecule has 2 N–H and O–H groups in total. The fourth-order valence-corrected chi connectivity index (χ4v) is 2.71. The van der Waals surface area contributed by atoms with Gasteiger partial charge in [0.1, 0.15) is 18.6 Å². The van der Waals surface area contributed by atoms with Crippen molar-refractivity contribution in [3.8, 4) is 17.2 Å². The Bertz CT molecular complexity index is 977. The Morgan fingerprint density at radius 3 is 2.67 bits per heavy atom. The minimum Gasteiger partial charge on any atom is -0.493 e. The van der Waals surface area contributed by atoms with Crippen LogP contribution in [0.2, 0.25) is 0 Å². The SMILES string of the molecule is COc1cc(C=O)ccc1OCC(=O)NNC(=O)CN1C(=O)COc2ccccc21. The van der Waals surface area contributed by atoms with Gasteiger partial charge in [0.05, 0.1) is 12.8 Å². The van der Waals surface area contributed by atoms with E-state index in [0.29, 0.717) is 29.0 Å². The van der Waals surface area contributed by atoms with Crippen LogP contribution in [0, 0.1) is 0 Å². The Hall–Kier alpha value is -4.08. The van der Waals surface area contributed by atoms with Crippen molar-refractivity contribution >= 4 is 29.7 Å². The average molecular weight is 413 g/mol. The number of para-hydroxylation sites is 2. The summed E-state index contributed by atoms with van der Waals surface area (Å²) in [6.07, 6.45) is 0.659. The summed E-state index contributed by atoms with van der Waals surface area (Å²) in [6.45, 7) is -0.868. The molecule has 0 fully saturated rings. The normalized spacial score (nSPS) is 12.3. The predicted octanol–water partition coefficient (Wildman–Crippen LogP) is 0.460. The number of ether oxygens (including phenoxy) is 3. The molecule has 1 aliphatic heterocycles. The van der Waals surface area contributed by atoms with Crippen molar-refractivity contribution in [2.45, 2.75) is 0 Å². The Labute approximate surface area is 171 Å². The summed E-state index contributed by atoms with van der Waals surface area (Å²) < 4.78 is 15.8. The van der Waals surface area contributed by atoms with Gasteiger partial charge in [-0.15, -0.1) is 0 Å². The summed E-state index contributed by atoms with van der Waals surface area (Å²) in [5, 5.41) is 0. The number of carbonyl (C=O) groups is 4. The van der Waals surface area contributed by atoms with Crippen molar-refractivity contribution in [1.82, 2.24) is 10.9 Å². The molecule has 0 unspecified atom stereocenters. The molecule has 0 bridgehead atoms. The zero-order valence-corrected chi connectivity index (χ0v) is 16.0. The summed E-state index contributed by atoms with van der Waals surface area (Å²) in [4.78, 5) is 48.3. The van der Waals surface area contributed by atoms with E-state index in [4.69, 9.17) is 14.2 Å². The first-order valence-corrected chi connectivity index (χ1v) is 8.87. The van der Waals surface area contributed by atoms with E-state index < -0.39 is 18.4 Å². The molecule has 2 aromatic rings. The maximum Gasteiger partial charge on any atom is 0.276 e. The predicted molar refractivity (Wildman–Crippen MR) is 104 cm³/mol. The average Bonchev–Trinajstić information content (AvgIpc) is 2.78. The summed E-state index contributed by atoms with van der Waals surface area (Å²) in [5.41, 5.74) is 5.32. The Balaban J connectivity index is 1.50. The van der Waals surface area contributed by atoms with Crippen molar-refractivity contribution in [1.29, 1.82) is 0 Å². The first-order valence-electron chi connectivity index (χ1n) is 8.87. The molecular formula is C20H19N3O7. The summed E-state index contributed by atoms with van der Waals surface area (Å²) in [5.74, 6) is -0.540. The Morgan fingerprint density at radius 2 is 1.90 bits per heavy atom. The molecule has 156 valence electrons. The van der Waals surface area contributed by atoms with Crippen LogP contribution in [0.15, 0.2) is 42.5 Å². The highest BCUT2D eigenvalue weighted by Gasteiger charge is 2.27. The van der Waals surface area contributed by atoms with Gasteiger partial charge in [0.2, 0.25) is 0 Å². The third-order valence-corrected chi connectivity index (χ3v) is 4.13. The number of aldehydes is 1. The minimum absolute atomic E-state index is 0.171. The second-order valence-corrected chi connectivity index (χ2v) is 6.15. The molecule has 0 saturated heterocycles. The van der Waals surface area contributed by atoms with Gasteiger partial charge >= 0.3 is 0 Å². The van der Waals surface area contributed by atoms with Gasteiger partial charge in [-0.1, -0.05) is 12.1 Å². The van der Waals surface area contributed by atoms with E-state index >= 15 is 0 Å². The van der Waals surface area contributed by atoms with Gasteiger partial charge < -0.3 is 14.2 Å². The number of rotatable bonds is 7. The molecule has 0 atom stereocenters. The van der Waals surface area contributed by atoms with Gasteiger partial charge in [0.15, 0.2) is 24.7 Å². The zero-order chi connectivity index (χ0) is 21.5. The number of fused-ring (bicyclic) bond motifs is 1. The van der Waals surface area contributed by atoms with Gasteiger partial charge in [-0.25, -0.2) is 0 Å². The number of hydrogen-bond donors (Lipinski definition) is 2. The van der Waals surface area contributed by atoms with E-state index in [-0.39, 0.29) is 24.8 Å². The fourth-order valence-electron chi connectivity index (χ4n) is 2.71. The number of nitrogens with one attached hydrogen (secondary N) is 2. The topological polar surface area (TPSA) is 123 Å². The lowest BCUT2D eigenvalue weighted by Crippen LogP contribution is -2.50. The van der Waals surface area contributed by atoms with Crippen molar-refractivity contribution in [2.24, 2.45) is 0 Å². The number of benzene rings is 2. The third kappa shape index (κ3) is 4.85. The summed E-state index contributed by atoms with van der Waals surface area (Å²) in [6, 6.07) is 11.3. The smallest absolute Gasteiger partial charge is 0.276 e. The van der Waals surface area contributed by atoms with Crippen LogP contribution in [-0.2, 0) is 14.4 Å². The second kappa shape index (κ2) is 9.41. The number of amides is 3. The lowest BCUT2D eigenvalue weighted by molar-refractivity contribution is -0.130. The van der Waals surface area contributed by atoms with E-state index in [9.17, 15) is 19.2 Å². The molecule has 3 rings (SSSR count). The van der Waals surface area contributed by atoms with Crippen molar-refractivity contribution in [3.63, 3.8) is 0 Å². The van der Waals surface area contributed by atoms with E-state index in [1.54, 1.807) is 24.3 Å². The fraction of sp³-hybridized carbons (Fsp3) is 0.200. The highest BCUT2D eigenvalue weighted by molar-refractivity contribution is 6.02. The minimum atomic E-state index is -0.626. The molecule has 0 aliphatic carbocycles. The standard InChI is InChI=1S/C20H19N3O7/c1-28-17-8-13(10-24)6-7-16(17)29-11-19(26)22-21-18(25)9-23-14-4-2-3-5-15(14)30-12-20(23)27/h2-8,10H,9,11-12H2,1H3,(H,21,25)(H,22,26). The first kappa shape index (κ1) is 20.6. The summed E-state index contributed by atoms with van der Waals surface area (Å²) in [7, 11) is 1.40. The number of carbonyl (C=O) groups excluding carboxylic acids is 4. The van der Waals surface area contributed by atoms with Crippen LogP contribution in [0.5, 0.6) is 17.2 Å². The largest absolute Gasteiger partial charge is 0.493 e. The van der Waals surface area contributed by atoms with Crippen LogP contribution in [0.1, 0.15) is 10.4 Å². The molecule has 2 aromatic carbocycles. The third-order valence-electron chi connectivity index (χ3n) is 4.13. The van der Waals surface area contributed by atoms with Crippen molar-refractivity contribution in [2.75, 3.05) is 31.8 Å². The van der Waals surface area contributed by atoms with Crippen LogP contribution < -0.4 is 30.0 Å². The highest BCUT2D eigenvalue weighted by atomic mass is 16.5. The number of hydrazine groups is 1. The van der Waals surface area contributed by atoms with E-state index in [1.165, 1.54) is 30.2 Å². The molecule has 10 nitrogen and oxygen atoms in total. The van der Waals surface area contributed by atoms with Crippen LogP contribution in [-0.4, -0.2) is 50.9 Å². The lowest BCUT2D eigenvalue weighted by atomic mass is 10.2. The molecule has 30 heavy (non-hydrogen) atoms. The molecule has 0 radical (unpaired) electrons. The van der Waals surface area contributed by atoms with Gasteiger partial charge in [0.25, 0.3) is 17.7 Å². The molecule has 0 saturated carbocycles. The number of nitrogens with zero attached hydrogens (tertiary/aromatic N) is 1. The van der Waals surface area contributed by atoms with Crippen LogP contribution in [0.3, 0.4) is 0 Å². The maximum absolute atomic E-state index is 12.2.